The molecule has 1 amide bonds. The second kappa shape index (κ2) is 6.90. The molecular weight excluding hydrogens is 334 g/mol. The number of morpholine rings is 1. The number of hydrogen-bond acceptors (Lipinski definition) is 4. The van der Waals surface area contributed by atoms with E-state index in [0.717, 1.165) is 11.1 Å². The molecule has 26 heavy (non-hydrogen) atoms. The van der Waals surface area contributed by atoms with Gasteiger partial charge in [0.25, 0.3) is 5.91 Å². The minimum absolute atomic E-state index is 0.372. The Labute approximate surface area is 151 Å². The topological polar surface area (TPSA) is 75.7 Å². The number of carbonyl (C=O) groups is 2. The van der Waals surface area contributed by atoms with Gasteiger partial charge in [-0.15, -0.1) is 0 Å². The van der Waals surface area contributed by atoms with Crippen molar-refractivity contribution in [1.29, 1.82) is 0 Å². The summed E-state index contributed by atoms with van der Waals surface area (Å²) in [4.78, 5) is 25.9. The lowest BCUT2D eigenvalue weighted by Crippen LogP contribution is -2.56. The molecule has 2 aromatic rings. The predicted octanol–water partition coefficient (Wildman–Crippen LogP) is 1.71. The summed E-state index contributed by atoms with van der Waals surface area (Å²) in [6.07, 6.45) is -2.80. The first kappa shape index (κ1) is 16.8. The van der Waals surface area contributed by atoms with Gasteiger partial charge in [-0.25, -0.2) is 9.90 Å². The highest BCUT2D eigenvalue weighted by Gasteiger charge is 2.56. The molecule has 0 aliphatic carbocycles. The number of amides is 1. The number of rotatable bonds is 5. The van der Waals surface area contributed by atoms with E-state index in [4.69, 9.17) is 9.47 Å². The number of carbonyl (C=O) groups excluding carboxylic acids is 2. The van der Waals surface area contributed by atoms with Crippen molar-refractivity contribution in [2.45, 2.75) is 37.5 Å². The molecule has 4 rings (SSSR count). The molecule has 0 aromatic heterocycles. The first-order valence-electron chi connectivity index (χ1n) is 8.53. The van der Waals surface area contributed by atoms with Crippen molar-refractivity contribution in [3.05, 3.63) is 71.8 Å². The van der Waals surface area contributed by atoms with E-state index in [1.54, 1.807) is 4.90 Å². The second-order valence-corrected chi connectivity index (χ2v) is 6.51. The lowest BCUT2D eigenvalue weighted by atomic mass is 10.0. The summed E-state index contributed by atoms with van der Waals surface area (Å²) in [6, 6.07) is 18.9. The van der Waals surface area contributed by atoms with E-state index in [-0.39, 0.29) is 5.91 Å². The summed E-state index contributed by atoms with van der Waals surface area (Å²) in [5, 5.41) is 11.3. The summed E-state index contributed by atoms with van der Waals surface area (Å²) in [6.45, 7) is 0.372. The largest absolute Gasteiger partial charge is 0.387 e. The lowest BCUT2D eigenvalue weighted by Gasteiger charge is -2.38. The van der Waals surface area contributed by atoms with E-state index >= 15 is 0 Å². The monoisotopic (exact) mass is 352 g/mol. The Morgan fingerprint density at radius 1 is 0.923 bits per heavy atom. The highest BCUT2D eigenvalue weighted by atomic mass is 16.7. The van der Waals surface area contributed by atoms with Crippen LogP contribution in [0, 0.1) is 0 Å². The molecule has 2 aliphatic rings. The zero-order valence-corrected chi connectivity index (χ0v) is 14.0. The van der Waals surface area contributed by atoms with E-state index in [9.17, 15) is 14.7 Å². The fraction of sp³-hybridized carbons (Fsp3) is 0.300. The molecule has 2 saturated heterocycles. The summed E-state index contributed by atoms with van der Waals surface area (Å²) in [5.74, 6) is -1.80. The van der Waals surface area contributed by atoms with Crippen LogP contribution in [-0.4, -0.2) is 41.3 Å². The van der Waals surface area contributed by atoms with Gasteiger partial charge in [-0.05, 0) is 17.5 Å². The molecule has 4 atom stereocenters. The Kier molecular flexibility index (Phi) is 4.44. The average Bonchev–Trinajstić information content (AvgIpc) is 3.07. The van der Waals surface area contributed by atoms with Crippen LogP contribution in [0.25, 0.3) is 0 Å². The van der Waals surface area contributed by atoms with Gasteiger partial charge in [-0.3, -0.25) is 4.79 Å². The second-order valence-electron chi connectivity index (χ2n) is 6.51. The van der Waals surface area contributed by atoms with E-state index in [0.29, 0.717) is 13.0 Å². The van der Waals surface area contributed by atoms with Crippen LogP contribution in [0.4, 0.5) is 0 Å². The van der Waals surface area contributed by atoms with Crippen molar-refractivity contribution in [2.75, 3.05) is 0 Å². The van der Waals surface area contributed by atoms with E-state index in [2.05, 4.69) is 0 Å². The van der Waals surface area contributed by atoms with Crippen LogP contribution in [-0.2, 0) is 37.1 Å². The summed E-state index contributed by atoms with van der Waals surface area (Å²) < 4.78 is 11.1. The molecule has 0 spiro atoms. The zero-order valence-electron chi connectivity index (χ0n) is 14.0. The molecule has 1 radical (unpaired) electrons. The number of benzene rings is 2. The van der Waals surface area contributed by atoms with Crippen LogP contribution in [0.15, 0.2) is 60.7 Å². The van der Waals surface area contributed by atoms with Gasteiger partial charge in [0.2, 0.25) is 0 Å². The first-order chi connectivity index (χ1) is 12.6. The van der Waals surface area contributed by atoms with Gasteiger partial charge < -0.3 is 14.4 Å². The van der Waals surface area contributed by atoms with Crippen molar-refractivity contribution >= 4 is 11.9 Å². The third-order valence-corrected chi connectivity index (χ3v) is 4.79. The van der Waals surface area contributed by atoms with E-state index < -0.39 is 30.5 Å². The van der Waals surface area contributed by atoms with Crippen molar-refractivity contribution in [2.24, 2.45) is 0 Å². The Hall–Kier alpha value is -2.70. The minimum Gasteiger partial charge on any atom is -0.334 e. The maximum Gasteiger partial charge on any atom is 0.387 e. The lowest BCUT2D eigenvalue weighted by molar-refractivity contribution is -0.178. The normalized spacial score (nSPS) is 27.5. The van der Waals surface area contributed by atoms with Crippen LogP contribution in [0.5, 0.6) is 0 Å². The standard InChI is InChI=1S/C20H18NO5/c22-18-16-17(19(23)24)26-20(25-16)15(11-13-7-3-1-4-8-13)21(18)12-14-9-5-2-6-10-14/h1-10,15-17,20H,11-12H2/t15-,16+,17+,20-/m1/s1. The van der Waals surface area contributed by atoms with Crippen molar-refractivity contribution < 1.29 is 24.2 Å². The highest BCUT2D eigenvalue weighted by molar-refractivity contribution is 5.89. The van der Waals surface area contributed by atoms with Crippen molar-refractivity contribution in [1.82, 2.24) is 4.90 Å². The summed E-state index contributed by atoms with van der Waals surface area (Å²) >= 11 is 0. The van der Waals surface area contributed by atoms with Crippen LogP contribution in [0.1, 0.15) is 11.1 Å². The molecule has 2 aromatic carbocycles. The van der Waals surface area contributed by atoms with Crippen molar-refractivity contribution in [3.8, 4) is 0 Å². The molecule has 2 bridgehead atoms. The molecule has 2 fully saturated rings. The Balaban J connectivity index is 1.65. The van der Waals surface area contributed by atoms with Crippen LogP contribution in [0.2, 0.25) is 0 Å². The van der Waals surface area contributed by atoms with Gasteiger partial charge in [0.05, 0.1) is 6.04 Å². The SMILES string of the molecule is [O]C(=O)[C@H]1O[C@H]2O[C@@H]1C(=O)N(Cc1ccccc1)[C@@H]2Cc1ccccc1. The molecule has 133 valence electrons. The fourth-order valence-corrected chi connectivity index (χ4v) is 3.52. The van der Waals surface area contributed by atoms with Crippen LogP contribution in [0.3, 0.4) is 0 Å². The number of nitrogens with zero attached hydrogens (tertiary/aromatic N) is 1. The fourth-order valence-electron chi connectivity index (χ4n) is 3.52. The molecule has 0 saturated carbocycles. The maximum atomic E-state index is 12.9. The average molecular weight is 352 g/mol. The minimum atomic E-state index is -1.43. The third-order valence-electron chi connectivity index (χ3n) is 4.79. The molecule has 0 unspecified atom stereocenters. The maximum absolute atomic E-state index is 12.9. The quantitative estimate of drug-likeness (QED) is 0.821. The van der Waals surface area contributed by atoms with Gasteiger partial charge in [0.15, 0.2) is 18.5 Å². The molecule has 6 heteroatoms. The summed E-state index contributed by atoms with van der Waals surface area (Å²) in [5.41, 5.74) is 1.98. The molecule has 6 nitrogen and oxygen atoms in total. The van der Waals surface area contributed by atoms with Gasteiger partial charge in [0, 0.05) is 6.54 Å². The van der Waals surface area contributed by atoms with Gasteiger partial charge in [-0.1, -0.05) is 60.7 Å². The Morgan fingerprint density at radius 2 is 1.54 bits per heavy atom. The van der Waals surface area contributed by atoms with Crippen LogP contribution >= 0.6 is 0 Å². The molecule has 2 heterocycles. The molecule has 0 N–H and O–H groups in total. The number of ether oxygens (including phenoxy) is 2. The third kappa shape index (κ3) is 3.09. The van der Waals surface area contributed by atoms with Crippen LogP contribution < -0.4 is 0 Å². The summed E-state index contributed by atoms with van der Waals surface area (Å²) in [7, 11) is 0. The zero-order chi connectivity index (χ0) is 18.1. The highest BCUT2D eigenvalue weighted by Crippen LogP contribution is 2.34. The van der Waals surface area contributed by atoms with E-state index in [1.165, 1.54) is 0 Å². The number of hydrogen-bond donors (Lipinski definition) is 0. The first-order valence-corrected chi connectivity index (χ1v) is 8.53. The number of fused-ring (bicyclic) bond motifs is 2. The Morgan fingerprint density at radius 3 is 2.15 bits per heavy atom. The van der Waals surface area contributed by atoms with Crippen molar-refractivity contribution in [3.63, 3.8) is 0 Å². The van der Waals surface area contributed by atoms with Gasteiger partial charge in [-0.2, -0.15) is 0 Å². The Bertz CT molecular complexity index is 794. The molecule has 2 aliphatic heterocycles. The van der Waals surface area contributed by atoms with Gasteiger partial charge in [0.1, 0.15) is 0 Å². The van der Waals surface area contributed by atoms with E-state index in [1.807, 2.05) is 60.7 Å². The smallest absolute Gasteiger partial charge is 0.334 e. The van der Waals surface area contributed by atoms with Gasteiger partial charge >= 0.3 is 5.97 Å². The molecular formula is C20H18NO5. The predicted molar refractivity (Wildman–Crippen MR) is 90.2 cm³/mol.